The number of rotatable bonds is 7. The fourth-order valence-corrected chi connectivity index (χ4v) is 2.74. The van der Waals surface area contributed by atoms with E-state index in [-0.39, 0.29) is 24.8 Å². The molecule has 0 bridgehead atoms. The van der Waals surface area contributed by atoms with Crippen LogP contribution in [0.2, 0.25) is 0 Å². The first kappa shape index (κ1) is 19.1. The number of carbonyl (C=O) groups excluding carboxylic acids is 3. The Morgan fingerprint density at radius 2 is 1.93 bits per heavy atom. The van der Waals surface area contributed by atoms with Crippen LogP contribution in [0.5, 0.6) is 5.75 Å². The number of para-hydroxylation sites is 1. The predicted molar refractivity (Wildman–Crippen MR) is 103 cm³/mol. The van der Waals surface area contributed by atoms with Gasteiger partial charge in [-0.15, -0.1) is 0 Å². The molecule has 1 aliphatic rings. The highest BCUT2D eigenvalue weighted by atomic mass is 16.5. The molecule has 2 aromatic carbocycles. The number of ether oxygens (including phenoxy) is 1. The Morgan fingerprint density at radius 1 is 1.14 bits per heavy atom. The second-order valence-corrected chi connectivity index (χ2v) is 5.93. The number of aliphatic hydroxyl groups is 1. The number of benzene rings is 2. The quantitative estimate of drug-likeness (QED) is 0.629. The molecule has 0 aromatic heterocycles. The van der Waals surface area contributed by atoms with Gasteiger partial charge in [0.1, 0.15) is 11.4 Å². The van der Waals surface area contributed by atoms with Crippen LogP contribution in [0.15, 0.2) is 60.3 Å². The number of hydrogen-bond donors (Lipinski definition) is 3. The molecule has 2 aromatic rings. The molecule has 0 spiro atoms. The molecule has 3 N–H and O–H groups in total. The van der Waals surface area contributed by atoms with Gasteiger partial charge in [-0.2, -0.15) is 0 Å². The molecule has 3 rings (SSSR count). The van der Waals surface area contributed by atoms with Crippen LogP contribution in [0.3, 0.4) is 0 Å². The van der Waals surface area contributed by atoms with Gasteiger partial charge in [0.05, 0.1) is 31.5 Å². The molecule has 0 fully saturated rings. The smallest absolute Gasteiger partial charge is 0.277 e. The molecule has 144 valence electrons. The van der Waals surface area contributed by atoms with Crippen LogP contribution in [-0.4, -0.2) is 48.0 Å². The van der Waals surface area contributed by atoms with Gasteiger partial charge >= 0.3 is 0 Å². The first-order valence-corrected chi connectivity index (χ1v) is 8.53. The van der Waals surface area contributed by atoms with E-state index in [1.54, 1.807) is 48.5 Å². The van der Waals surface area contributed by atoms with Crippen LogP contribution in [-0.2, 0) is 9.59 Å². The summed E-state index contributed by atoms with van der Waals surface area (Å²) in [5.41, 5.74) is 1.27. The Labute approximate surface area is 161 Å². The monoisotopic (exact) mass is 381 g/mol. The number of nitrogens with zero attached hydrogens (tertiary/aromatic N) is 1. The van der Waals surface area contributed by atoms with Crippen LogP contribution in [0, 0.1) is 0 Å². The van der Waals surface area contributed by atoms with Crippen LogP contribution in [0.1, 0.15) is 10.4 Å². The Bertz CT molecular complexity index is 954. The minimum atomic E-state index is -0.554. The number of amides is 3. The summed E-state index contributed by atoms with van der Waals surface area (Å²) in [6.45, 7) is -0.407. The normalized spacial score (nSPS) is 13.4. The number of nitrogens with one attached hydrogen (secondary N) is 2. The third-order valence-electron chi connectivity index (χ3n) is 4.10. The van der Waals surface area contributed by atoms with Crippen molar-refractivity contribution in [3.8, 4) is 5.75 Å². The topological polar surface area (TPSA) is 108 Å². The average molecular weight is 381 g/mol. The number of imide groups is 1. The minimum absolute atomic E-state index is 0.0417. The van der Waals surface area contributed by atoms with Gasteiger partial charge in [-0.3, -0.25) is 19.3 Å². The summed E-state index contributed by atoms with van der Waals surface area (Å²) < 4.78 is 5.14. The summed E-state index contributed by atoms with van der Waals surface area (Å²) in [4.78, 5) is 37.8. The van der Waals surface area contributed by atoms with Crippen LogP contribution in [0.25, 0.3) is 0 Å². The first-order valence-electron chi connectivity index (χ1n) is 8.53. The molecule has 8 heteroatoms. The van der Waals surface area contributed by atoms with E-state index in [0.717, 1.165) is 11.0 Å². The third-order valence-corrected chi connectivity index (χ3v) is 4.10. The van der Waals surface area contributed by atoms with E-state index in [0.29, 0.717) is 22.7 Å². The van der Waals surface area contributed by atoms with E-state index in [2.05, 4.69) is 10.6 Å². The third kappa shape index (κ3) is 4.02. The number of methoxy groups -OCH3 is 1. The van der Waals surface area contributed by atoms with E-state index >= 15 is 0 Å². The largest absolute Gasteiger partial charge is 0.497 e. The molecular formula is C20H19N3O5. The Morgan fingerprint density at radius 3 is 2.68 bits per heavy atom. The van der Waals surface area contributed by atoms with Crippen molar-refractivity contribution in [2.24, 2.45) is 0 Å². The van der Waals surface area contributed by atoms with Gasteiger partial charge < -0.3 is 20.5 Å². The summed E-state index contributed by atoms with van der Waals surface area (Å²) in [6, 6.07) is 13.6. The zero-order valence-corrected chi connectivity index (χ0v) is 15.1. The molecule has 1 aliphatic heterocycles. The minimum Gasteiger partial charge on any atom is -0.497 e. The zero-order chi connectivity index (χ0) is 20.1. The Kier molecular flexibility index (Phi) is 5.71. The van der Waals surface area contributed by atoms with Crippen molar-refractivity contribution in [1.29, 1.82) is 0 Å². The van der Waals surface area contributed by atoms with Crippen molar-refractivity contribution >= 4 is 29.1 Å². The molecule has 0 radical (unpaired) electrons. The number of aliphatic hydroxyl groups excluding tert-OH is 1. The lowest BCUT2D eigenvalue weighted by Gasteiger charge is -2.15. The van der Waals surface area contributed by atoms with Crippen LogP contribution < -0.4 is 15.4 Å². The maximum atomic E-state index is 12.7. The maximum Gasteiger partial charge on any atom is 0.277 e. The highest BCUT2D eigenvalue weighted by molar-refractivity contribution is 6.18. The molecule has 3 amide bonds. The summed E-state index contributed by atoms with van der Waals surface area (Å²) >= 11 is 0. The van der Waals surface area contributed by atoms with Crippen molar-refractivity contribution in [2.45, 2.75) is 0 Å². The predicted octanol–water partition coefficient (Wildman–Crippen LogP) is 1.60. The number of carbonyl (C=O) groups is 3. The Balaban J connectivity index is 1.80. The van der Waals surface area contributed by atoms with Gasteiger partial charge in [0, 0.05) is 17.8 Å². The second kappa shape index (κ2) is 8.36. The molecule has 28 heavy (non-hydrogen) atoms. The molecule has 0 saturated heterocycles. The van der Waals surface area contributed by atoms with Crippen molar-refractivity contribution in [3.05, 3.63) is 65.9 Å². The summed E-state index contributed by atoms with van der Waals surface area (Å²) in [5.74, 6) is -0.851. The summed E-state index contributed by atoms with van der Waals surface area (Å²) in [5, 5.41) is 14.6. The van der Waals surface area contributed by atoms with Gasteiger partial charge in [0.25, 0.3) is 17.7 Å². The standard InChI is InChI=1S/C20H19N3O5/c1-28-14-6-4-5-13(11-14)21-19(26)15-7-2-3-8-16(15)22-17-12-18(25)23(9-10-24)20(17)27/h2-8,11-12,22,24H,9-10H2,1H3,(H,21,26). The van der Waals surface area contributed by atoms with E-state index in [1.165, 1.54) is 7.11 Å². The zero-order valence-electron chi connectivity index (χ0n) is 15.1. The van der Waals surface area contributed by atoms with E-state index in [1.807, 2.05) is 0 Å². The van der Waals surface area contributed by atoms with Crippen molar-refractivity contribution in [2.75, 3.05) is 30.9 Å². The van der Waals surface area contributed by atoms with Gasteiger partial charge in [0.15, 0.2) is 0 Å². The van der Waals surface area contributed by atoms with Crippen LogP contribution in [0.4, 0.5) is 11.4 Å². The van der Waals surface area contributed by atoms with Crippen molar-refractivity contribution < 1.29 is 24.2 Å². The highest BCUT2D eigenvalue weighted by Crippen LogP contribution is 2.23. The second-order valence-electron chi connectivity index (χ2n) is 5.93. The molecule has 0 atom stereocenters. The highest BCUT2D eigenvalue weighted by Gasteiger charge is 2.31. The van der Waals surface area contributed by atoms with E-state index in [4.69, 9.17) is 9.84 Å². The van der Waals surface area contributed by atoms with Crippen molar-refractivity contribution in [3.63, 3.8) is 0 Å². The molecule has 0 saturated carbocycles. The van der Waals surface area contributed by atoms with Gasteiger partial charge in [-0.05, 0) is 24.3 Å². The molecule has 8 nitrogen and oxygen atoms in total. The maximum absolute atomic E-state index is 12.7. The lowest BCUT2D eigenvalue weighted by Crippen LogP contribution is -2.34. The Hall–Kier alpha value is -3.65. The first-order chi connectivity index (χ1) is 13.5. The van der Waals surface area contributed by atoms with Gasteiger partial charge in [-0.25, -0.2) is 0 Å². The fraction of sp³-hybridized carbons (Fsp3) is 0.150. The number of hydrogen-bond acceptors (Lipinski definition) is 6. The number of β-amino-alcohol motifs (C(OH)–C–C–N with tert-alkyl or cyclic N) is 1. The fourth-order valence-electron chi connectivity index (χ4n) is 2.74. The lowest BCUT2D eigenvalue weighted by atomic mass is 10.1. The molecular weight excluding hydrogens is 362 g/mol. The molecule has 1 heterocycles. The number of anilines is 2. The molecule has 0 aliphatic carbocycles. The molecule has 0 unspecified atom stereocenters. The summed E-state index contributed by atoms with van der Waals surface area (Å²) in [6.07, 6.45) is 1.15. The van der Waals surface area contributed by atoms with Crippen molar-refractivity contribution in [1.82, 2.24) is 4.90 Å². The SMILES string of the molecule is COc1cccc(NC(=O)c2ccccc2NC2=CC(=O)N(CCO)C2=O)c1. The van der Waals surface area contributed by atoms with E-state index in [9.17, 15) is 14.4 Å². The summed E-state index contributed by atoms with van der Waals surface area (Å²) in [7, 11) is 1.54. The van der Waals surface area contributed by atoms with Crippen LogP contribution >= 0.6 is 0 Å². The van der Waals surface area contributed by atoms with Gasteiger partial charge in [-0.1, -0.05) is 18.2 Å². The lowest BCUT2D eigenvalue weighted by molar-refractivity contribution is -0.137. The average Bonchev–Trinajstić information content (AvgIpc) is 2.96. The van der Waals surface area contributed by atoms with Gasteiger partial charge in [0.2, 0.25) is 0 Å². The van der Waals surface area contributed by atoms with E-state index < -0.39 is 11.8 Å².